The van der Waals surface area contributed by atoms with E-state index in [4.69, 9.17) is 0 Å². The van der Waals surface area contributed by atoms with Crippen LogP contribution in [0.25, 0.3) is 0 Å². The van der Waals surface area contributed by atoms with Gasteiger partial charge in [-0.2, -0.15) is 0 Å². The van der Waals surface area contributed by atoms with Gasteiger partial charge in [-0.3, -0.25) is 0 Å². The predicted molar refractivity (Wildman–Crippen MR) is 70.5 cm³/mol. The molecule has 0 radical (unpaired) electrons. The molecule has 0 heterocycles. The van der Waals surface area contributed by atoms with Crippen LogP contribution in [-0.4, -0.2) is 12.6 Å². The first-order valence-electron chi connectivity index (χ1n) is 7.50. The van der Waals surface area contributed by atoms with Gasteiger partial charge in [-0.05, 0) is 37.1 Å². The summed E-state index contributed by atoms with van der Waals surface area (Å²) >= 11 is 0. The number of nitrogens with one attached hydrogen (secondary N) is 1. The van der Waals surface area contributed by atoms with Crippen LogP contribution in [0.1, 0.15) is 65.2 Å². The molecule has 0 saturated heterocycles. The van der Waals surface area contributed by atoms with E-state index in [2.05, 4.69) is 19.2 Å². The molecule has 1 N–H and O–H groups in total. The molecule has 2 unspecified atom stereocenters. The Bertz CT molecular complexity index is 196. The predicted octanol–water partition coefficient (Wildman–Crippen LogP) is 3.98. The van der Waals surface area contributed by atoms with Crippen molar-refractivity contribution in [3.63, 3.8) is 0 Å². The fraction of sp³-hybridized carbons (Fsp3) is 1.00. The second-order valence-corrected chi connectivity index (χ2v) is 6.32. The van der Waals surface area contributed by atoms with Gasteiger partial charge >= 0.3 is 0 Å². The maximum absolute atomic E-state index is 3.68. The molecule has 94 valence electrons. The third-order valence-electron chi connectivity index (χ3n) is 4.76. The first-order valence-corrected chi connectivity index (χ1v) is 7.50. The van der Waals surface area contributed by atoms with Crippen molar-refractivity contribution in [3.05, 3.63) is 0 Å². The zero-order valence-corrected chi connectivity index (χ0v) is 11.2. The van der Waals surface area contributed by atoms with E-state index in [9.17, 15) is 0 Å². The highest BCUT2D eigenvalue weighted by atomic mass is 14.9. The minimum Gasteiger partial charge on any atom is -0.314 e. The number of rotatable bonds is 4. The van der Waals surface area contributed by atoms with E-state index in [-0.39, 0.29) is 0 Å². The van der Waals surface area contributed by atoms with Crippen LogP contribution in [-0.2, 0) is 0 Å². The highest BCUT2D eigenvalue weighted by molar-refractivity contribution is 4.85. The van der Waals surface area contributed by atoms with Gasteiger partial charge in [-0.25, -0.2) is 0 Å². The van der Waals surface area contributed by atoms with E-state index in [0.29, 0.717) is 6.04 Å². The molecule has 2 rings (SSSR count). The summed E-state index contributed by atoms with van der Waals surface area (Å²) in [5, 5.41) is 3.68. The first kappa shape index (κ1) is 12.4. The SMILES string of the molecule is CC(C)NCC1CCCCCC1C1CCC1. The molecule has 2 aliphatic rings. The van der Waals surface area contributed by atoms with Crippen molar-refractivity contribution in [2.75, 3.05) is 6.54 Å². The molecule has 0 aliphatic heterocycles. The van der Waals surface area contributed by atoms with E-state index in [0.717, 1.165) is 17.8 Å². The van der Waals surface area contributed by atoms with Gasteiger partial charge in [-0.15, -0.1) is 0 Å². The molecular weight excluding hydrogens is 194 g/mol. The van der Waals surface area contributed by atoms with Gasteiger partial charge in [0.15, 0.2) is 0 Å². The summed E-state index contributed by atoms with van der Waals surface area (Å²) in [4.78, 5) is 0. The molecule has 0 amide bonds. The lowest BCUT2D eigenvalue weighted by molar-refractivity contribution is 0.132. The minimum absolute atomic E-state index is 0.658. The molecule has 0 aromatic carbocycles. The molecule has 0 spiro atoms. The van der Waals surface area contributed by atoms with E-state index >= 15 is 0 Å². The Hall–Kier alpha value is -0.0400. The average Bonchev–Trinajstić information content (AvgIpc) is 2.38. The van der Waals surface area contributed by atoms with Gasteiger partial charge in [-0.1, -0.05) is 52.4 Å². The largest absolute Gasteiger partial charge is 0.314 e. The van der Waals surface area contributed by atoms with Gasteiger partial charge in [0.1, 0.15) is 0 Å². The van der Waals surface area contributed by atoms with E-state index in [1.54, 1.807) is 0 Å². The Kier molecular flexibility index (Phi) is 4.69. The van der Waals surface area contributed by atoms with Crippen molar-refractivity contribution in [2.45, 2.75) is 71.3 Å². The van der Waals surface area contributed by atoms with Crippen LogP contribution >= 0.6 is 0 Å². The Morgan fingerprint density at radius 1 is 0.938 bits per heavy atom. The Balaban J connectivity index is 1.87. The molecule has 2 fully saturated rings. The van der Waals surface area contributed by atoms with Crippen molar-refractivity contribution >= 4 is 0 Å². The van der Waals surface area contributed by atoms with E-state index < -0.39 is 0 Å². The van der Waals surface area contributed by atoms with Crippen molar-refractivity contribution in [1.82, 2.24) is 5.32 Å². The summed E-state index contributed by atoms with van der Waals surface area (Å²) in [5.74, 6) is 3.13. The fourth-order valence-electron chi connectivity index (χ4n) is 3.54. The average molecular weight is 223 g/mol. The standard InChI is InChI=1S/C15H29N/c1-12(2)16-11-14-7-4-3-5-10-15(14)13-8-6-9-13/h12-16H,3-11H2,1-2H3. The lowest BCUT2D eigenvalue weighted by Crippen LogP contribution is -2.36. The quantitative estimate of drug-likeness (QED) is 0.711. The molecular formula is C15H29N. The maximum Gasteiger partial charge on any atom is 0.00104 e. The molecule has 0 aromatic heterocycles. The van der Waals surface area contributed by atoms with Crippen LogP contribution in [0.15, 0.2) is 0 Å². The summed E-state index contributed by atoms with van der Waals surface area (Å²) < 4.78 is 0. The maximum atomic E-state index is 3.68. The second-order valence-electron chi connectivity index (χ2n) is 6.32. The first-order chi connectivity index (χ1) is 7.77. The van der Waals surface area contributed by atoms with E-state index in [1.807, 2.05) is 0 Å². The molecule has 2 atom stereocenters. The summed E-state index contributed by atoms with van der Waals surface area (Å²) in [5.41, 5.74) is 0. The van der Waals surface area contributed by atoms with Crippen LogP contribution in [0.3, 0.4) is 0 Å². The lowest BCUT2D eigenvalue weighted by Gasteiger charge is -2.38. The Morgan fingerprint density at radius 3 is 2.31 bits per heavy atom. The smallest absolute Gasteiger partial charge is 0.00104 e. The van der Waals surface area contributed by atoms with E-state index in [1.165, 1.54) is 57.9 Å². The number of hydrogen-bond acceptors (Lipinski definition) is 1. The summed E-state index contributed by atoms with van der Waals surface area (Å²) in [6, 6.07) is 0.658. The molecule has 2 saturated carbocycles. The van der Waals surface area contributed by atoms with Crippen molar-refractivity contribution in [3.8, 4) is 0 Å². The normalized spacial score (nSPS) is 32.4. The van der Waals surface area contributed by atoms with Crippen molar-refractivity contribution in [1.29, 1.82) is 0 Å². The van der Waals surface area contributed by atoms with Gasteiger partial charge in [0.25, 0.3) is 0 Å². The lowest BCUT2D eigenvalue weighted by atomic mass is 9.69. The molecule has 2 aliphatic carbocycles. The minimum atomic E-state index is 0.658. The van der Waals surface area contributed by atoms with Gasteiger partial charge in [0.2, 0.25) is 0 Å². The number of hydrogen-bond donors (Lipinski definition) is 1. The zero-order valence-electron chi connectivity index (χ0n) is 11.2. The summed E-state index contributed by atoms with van der Waals surface area (Å²) in [7, 11) is 0. The fourth-order valence-corrected chi connectivity index (χ4v) is 3.54. The highest BCUT2D eigenvalue weighted by Gasteiger charge is 2.33. The summed E-state index contributed by atoms with van der Waals surface area (Å²) in [6.07, 6.45) is 12.0. The molecule has 0 aromatic rings. The third kappa shape index (κ3) is 3.23. The molecule has 1 nitrogen and oxygen atoms in total. The Labute approximate surface area is 101 Å². The van der Waals surface area contributed by atoms with Crippen LogP contribution in [0.2, 0.25) is 0 Å². The van der Waals surface area contributed by atoms with Crippen LogP contribution < -0.4 is 5.32 Å². The van der Waals surface area contributed by atoms with Gasteiger partial charge in [0.05, 0.1) is 0 Å². The molecule has 0 bridgehead atoms. The van der Waals surface area contributed by atoms with Crippen molar-refractivity contribution < 1.29 is 0 Å². The second kappa shape index (κ2) is 6.05. The highest BCUT2D eigenvalue weighted by Crippen LogP contribution is 2.42. The third-order valence-corrected chi connectivity index (χ3v) is 4.76. The van der Waals surface area contributed by atoms with Gasteiger partial charge in [0, 0.05) is 6.04 Å². The molecule has 1 heteroatoms. The monoisotopic (exact) mass is 223 g/mol. The van der Waals surface area contributed by atoms with Crippen LogP contribution in [0.4, 0.5) is 0 Å². The van der Waals surface area contributed by atoms with Gasteiger partial charge < -0.3 is 5.32 Å². The molecule has 16 heavy (non-hydrogen) atoms. The topological polar surface area (TPSA) is 12.0 Å². The Morgan fingerprint density at radius 2 is 1.69 bits per heavy atom. The summed E-state index contributed by atoms with van der Waals surface area (Å²) in [6.45, 7) is 5.82. The zero-order chi connectivity index (χ0) is 11.4. The van der Waals surface area contributed by atoms with Crippen LogP contribution in [0.5, 0.6) is 0 Å². The van der Waals surface area contributed by atoms with Crippen molar-refractivity contribution in [2.24, 2.45) is 17.8 Å². The van der Waals surface area contributed by atoms with Crippen LogP contribution in [0, 0.1) is 17.8 Å².